The van der Waals surface area contributed by atoms with Crippen molar-refractivity contribution in [3.63, 3.8) is 0 Å². The molecule has 0 spiro atoms. The van der Waals surface area contributed by atoms with E-state index in [1.165, 1.54) is 0 Å². The number of hydrogen-bond acceptors (Lipinski definition) is 4. The Morgan fingerprint density at radius 2 is 1.82 bits per heavy atom. The van der Waals surface area contributed by atoms with Crippen LogP contribution in [-0.4, -0.2) is 23.8 Å². The van der Waals surface area contributed by atoms with E-state index in [9.17, 15) is 0 Å². The molecule has 1 heterocycles. The van der Waals surface area contributed by atoms with E-state index < -0.39 is 0 Å². The van der Waals surface area contributed by atoms with Gasteiger partial charge in [0.15, 0.2) is 11.5 Å². The molecule has 0 bridgehead atoms. The monoisotopic (exact) mass is 305 g/mol. The van der Waals surface area contributed by atoms with E-state index in [0.717, 1.165) is 42.0 Å². The van der Waals surface area contributed by atoms with Gasteiger partial charge in [-0.25, -0.2) is 4.98 Å². The van der Waals surface area contributed by atoms with Gasteiger partial charge in [0.05, 0.1) is 31.3 Å². The first-order valence-corrected chi connectivity index (χ1v) is 7.89. The van der Waals surface area contributed by atoms with Crippen molar-refractivity contribution in [1.29, 1.82) is 0 Å². The van der Waals surface area contributed by atoms with Gasteiger partial charge in [-0.2, -0.15) is 0 Å². The number of rotatable bonds is 7. The molecule has 0 saturated carbocycles. The third kappa shape index (κ3) is 3.19. The lowest BCUT2D eigenvalue weighted by molar-refractivity contribution is 0.355. The van der Waals surface area contributed by atoms with Crippen LogP contribution in [-0.2, 0) is 6.54 Å². The summed E-state index contributed by atoms with van der Waals surface area (Å²) in [5.41, 5.74) is 8.22. The summed E-state index contributed by atoms with van der Waals surface area (Å²) in [6.45, 7) is 7.44. The third-order valence-corrected chi connectivity index (χ3v) is 3.98. The van der Waals surface area contributed by atoms with Crippen LogP contribution in [0.5, 0.6) is 11.5 Å². The summed E-state index contributed by atoms with van der Waals surface area (Å²) in [5.74, 6) is 2.98. The molecule has 1 aromatic heterocycles. The average Bonchev–Trinajstić information content (AvgIpc) is 2.87. The standard InChI is InChI=1S/C17H27N3O2/c1-6-12(18)17-19-13-9-15(21-4)16(22-5)10-14(13)20(17)8-7-11(2)3/h9-12H,6-8,18H2,1-5H3. The molecular weight excluding hydrogens is 278 g/mol. The zero-order valence-corrected chi connectivity index (χ0v) is 14.2. The fraction of sp³-hybridized carbons (Fsp3) is 0.588. The van der Waals surface area contributed by atoms with Crippen LogP contribution in [0.4, 0.5) is 0 Å². The summed E-state index contributed by atoms with van der Waals surface area (Å²) in [7, 11) is 3.29. The minimum absolute atomic E-state index is 0.0587. The topological polar surface area (TPSA) is 62.3 Å². The van der Waals surface area contributed by atoms with Crippen LogP contribution >= 0.6 is 0 Å². The summed E-state index contributed by atoms with van der Waals surface area (Å²) in [6.07, 6.45) is 1.95. The van der Waals surface area contributed by atoms with Crippen molar-refractivity contribution in [2.24, 2.45) is 11.7 Å². The normalized spacial score (nSPS) is 12.9. The van der Waals surface area contributed by atoms with Crippen molar-refractivity contribution in [1.82, 2.24) is 9.55 Å². The highest BCUT2D eigenvalue weighted by Crippen LogP contribution is 2.33. The number of nitrogens with two attached hydrogens (primary N) is 1. The van der Waals surface area contributed by atoms with E-state index in [1.54, 1.807) is 14.2 Å². The first-order chi connectivity index (χ1) is 10.5. The zero-order valence-electron chi connectivity index (χ0n) is 14.2. The van der Waals surface area contributed by atoms with Crippen molar-refractivity contribution >= 4 is 11.0 Å². The molecule has 0 amide bonds. The largest absolute Gasteiger partial charge is 0.493 e. The van der Waals surface area contributed by atoms with Crippen molar-refractivity contribution in [2.75, 3.05) is 14.2 Å². The van der Waals surface area contributed by atoms with E-state index in [1.807, 2.05) is 12.1 Å². The van der Waals surface area contributed by atoms with Crippen LogP contribution in [0.1, 0.15) is 45.5 Å². The highest BCUT2D eigenvalue weighted by Gasteiger charge is 2.18. The molecule has 1 atom stereocenters. The SMILES string of the molecule is CCC(N)c1nc2cc(OC)c(OC)cc2n1CCC(C)C. The molecule has 0 aliphatic rings. The highest BCUT2D eigenvalue weighted by atomic mass is 16.5. The predicted molar refractivity (Wildman–Crippen MR) is 89.5 cm³/mol. The Morgan fingerprint density at radius 3 is 2.36 bits per heavy atom. The van der Waals surface area contributed by atoms with Gasteiger partial charge in [0.25, 0.3) is 0 Å². The van der Waals surface area contributed by atoms with Gasteiger partial charge in [0.1, 0.15) is 5.82 Å². The molecular formula is C17H27N3O2. The van der Waals surface area contributed by atoms with Crippen LogP contribution in [0, 0.1) is 5.92 Å². The lowest BCUT2D eigenvalue weighted by Crippen LogP contribution is -2.16. The number of nitrogens with zero attached hydrogens (tertiary/aromatic N) is 2. The smallest absolute Gasteiger partial charge is 0.163 e. The molecule has 22 heavy (non-hydrogen) atoms. The van der Waals surface area contributed by atoms with Crippen LogP contribution in [0.3, 0.4) is 0 Å². The molecule has 0 aliphatic carbocycles. The molecule has 0 aliphatic heterocycles. The number of aryl methyl sites for hydroxylation is 1. The van der Waals surface area contributed by atoms with E-state index in [2.05, 4.69) is 25.3 Å². The van der Waals surface area contributed by atoms with Gasteiger partial charge in [-0.05, 0) is 18.8 Å². The Labute approximate surface area is 132 Å². The van der Waals surface area contributed by atoms with Gasteiger partial charge in [-0.1, -0.05) is 20.8 Å². The van der Waals surface area contributed by atoms with Crippen LogP contribution in [0.2, 0.25) is 0 Å². The number of benzene rings is 1. The van der Waals surface area contributed by atoms with Crippen molar-refractivity contribution in [2.45, 2.75) is 46.2 Å². The van der Waals surface area contributed by atoms with E-state index in [4.69, 9.17) is 20.2 Å². The lowest BCUT2D eigenvalue weighted by atomic mass is 10.1. The molecule has 0 saturated heterocycles. The molecule has 5 heteroatoms. The second-order valence-electron chi connectivity index (χ2n) is 6.01. The molecule has 2 N–H and O–H groups in total. The Balaban J connectivity index is 2.59. The number of methoxy groups -OCH3 is 2. The zero-order chi connectivity index (χ0) is 16.3. The van der Waals surface area contributed by atoms with Gasteiger partial charge in [0, 0.05) is 18.7 Å². The summed E-state index contributed by atoms with van der Waals surface area (Å²) < 4.78 is 13.0. The van der Waals surface area contributed by atoms with E-state index in [0.29, 0.717) is 11.7 Å². The summed E-state index contributed by atoms with van der Waals surface area (Å²) in [5, 5.41) is 0. The van der Waals surface area contributed by atoms with Gasteiger partial charge in [-0.3, -0.25) is 0 Å². The second-order valence-corrected chi connectivity index (χ2v) is 6.01. The fourth-order valence-electron chi connectivity index (χ4n) is 2.56. The molecule has 0 radical (unpaired) electrons. The number of imidazole rings is 1. The average molecular weight is 305 g/mol. The summed E-state index contributed by atoms with van der Waals surface area (Å²) >= 11 is 0. The molecule has 1 aromatic carbocycles. The highest BCUT2D eigenvalue weighted by molar-refractivity contribution is 5.80. The Morgan fingerprint density at radius 1 is 1.18 bits per heavy atom. The lowest BCUT2D eigenvalue weighted by Gasteiger charge is -2.15. The number of hydrogen-bond donors (Lipinski definition) is 1. The van der Waals surface area contributed by atoms with Crippen LogP contribution in [0.25, 0.3) is 11.0 Å². The maximum Gasteiger partial charge on any atom is 0.163 e. The van der Waals surface area contributed by atoms with Crippen molar-refractivity contribution in [3.8, 4) is 11.5 Å². The first-order valence-electron chi connectivity index (χ1n) is 7.89. The summed E-state index contributed by atoms with van der Waals surface area (Å²) in [6, 6.07) is 3.86. The molecule has 2 rings (SSSR count). The molecule has 1 unspecified atom stereocenters. The third-order valence-electron chi connectivity index (χ3n) is 3.98. The van der Waals surface area contributed by atoms with Crippen molar-refractivity contribution in [3.05, 3.63) is 18.0 Å². The van der Waals surface area contributed by atoms with Gasteiger partial charge >= 0.3 is 0 Å². The maximum absolute atomic E-state index is 6.26. The quantitative estimate of drug-likeness (QED) is 0.850. The first kappa shape index (κ1) is 16.6. The van der Waals surface area contributed by atoms with Gasteiger partial charge in [0.2, 0.25) is 0 Å². The molecule has 0 fully saturated rings. The van der Waals surface area contributed by atoms with E-state index >= 15 is 0 Å². The number of ether oxygens (including phenoxy) is 2. The Kier molecular flexibility index (Phi) is 5.29. The molecule has 5 nitrogen and oxygen atoms in total. The minimum Gasteiger partial charge on any atom is -0.493 e. The fourth-order valence-corrected chi connectivity index (χ4v) is 2.56. The molecule has 122 valence electrons. The van der Waals surface area contributed by atoms with Crippen molar-refractivity contribution < 1.29 is 9.47 Å². The Bertz CT molecular complexity index is 634. The minimum atomic E-state index is -0.0587. The number of fused-ring (bicyclic) bond motifs is 1. The van der Waals surface area contributed by atoms with Gasteiger partial charge < -0.3 is 19.8 Å². The number of aromatic nitrogens is 2. The summed E-state index contributed by atoms with van der Waals surface area (Å²) in [4.78, 5) is 4.75. The van der Waals surface area contributed by atoms with Crippen LogP contribution < -0.4 is 15.2 Å². The maximum atomic E-state index is 6.26. The molecule has 2 aromatic rings. The van der Waals surface area contributed by atoms with Crippen LogP contribution in [0.15, 0.2) is 12.1 Å². The predicted octanol–water partition coefficient (Wildman–Crippen LogP) is 3.51. The second kappa shape index (κ2) is 7.01. The van der Waals surface area contributed by atoms with E-state index in [-0.39, 0.29) is 6.04 Å². The Hall–Kier alpha value is -1.75. The van der Waals surface area contributed by atoms with Gasteiger partial charge in [-0.15, -0.1) is 0 Å².